The van der Waals surface area contributed by atoms with Crippen molar-refractivity contribution < 1.29 is 14.6 Å². The number of carboxylic acids is 1. The summed E-state index contributed by atoms with van der Waals surface area (Å²) < 4.78 is 5.97. The normalized spacial score (nSPS) is 14.1. The molecule has 2 aromatic carbocycles. The van der Waals surface area contributed by atoms with Gasteiger partial charge in [0.15, 0.2) is 11.6 Å². The van der Waals surface area contributed by atoms with Crippen molar-refractivity contribution in [3.8, 4) is 11.5 Å². The lowest BCUT2D eigenvalue weighted by Crippen LogP contribution is -2.19. The van der Waals surface area contributed by atoms with Crippen molar-refractivity contribution in [2.45, 2.75) is 32.1 Å². The third kappa shape index (κ3) is 5.51. The zero-order chi connectivity index (χ0) is 21.5. The van der Waals surface area contributed by atoms with Crippen molar-refractivity contribution in [1.82, 2.24) is 9.97 Å². The van der Waals surface area contributed by atoms with Gasteiger partial charge in [-0.15, -0.1) is 0 Å². The van der Waals surface area contributed by atoms with Gasteiger partial charge in [-0.1, -0.05) is 49.6 Å². The van der Waals surface area contributed by atoms with Gasteiger partial charge >= 0.3 is 5.97 Å². The largest absolute Gasteiger partial charge is 0.477 e. The van der Waals surface area contributed by atoms with Crippen LogP contribution >= 0.6 is 0 Å². The van der Waals surface area contributed by atoms with Crippen LogP contribution in [0, 0.1) is 5.92 Å². The van der Waals surface area contributed by atoms with E-state index >= 15 is 0 Å². The Bertz CT molecular complexity index is 1020. The molecule has 1 saturated carbocycles. The maximum atomic E-state index is 11.7. The molecule has 1 aromatic heterocycles. The number of anilines is 3. The number of para-hydroxylation sites is 3. The number of carbonyl (C=O) groups is 1. The van der Waals surface area contributed by atoms with Gasteiger partial charge in [0.05, 0.1) is 5.69 Å². The highest BCUT2D eigenvalue weighted by Crippen LogP contribution is 2.32. The molecule has 3 N–H and O–H groups in total. The molecule has 0 bridgehead atoms. The first-order chi connectivity index (χ1) is 15.2. The van der Waals surface area contributed by atoms with Crippen molar-refractivity contribution in [1.29, 1.82) is 0 Å². The molecular formula is C24H26N4O3. The van der Waals surface area contributed by atoms with Crippen LogP contribution in [0.1, 0.15) is 42.5 Å². The van der Waals surface area contributed by atoms with Gasteiger partial charge in [0.2, 0.25) is 5.95 Å². The molecular weight excluding hydrogens is 392 g/mol. The summed E-state index contributed by atoms with van der Waals surface area (Å²) in [4.78, 5) is 20.4. The van der Waals surface area contributed by atoms with Crippen LogP contribution in [-0.4, -0.2) is 27.6 Å². The van der Waals surface area contributed by atoms with E-state index in [1.807, 2.05) is 54.6 Å². The molecule has 0 amide bonds. The molecule has 0 atom stereocenters. The zero-order valence-corrected chi connectivity index (χ0v) is 17.3. The van der Waals surface area contributed by atoms with Crippen LogP contribution in [0.15, 0.2) is 60.8 Å². The van der Waals surface area contributed by atoms with Crippen molar-refractivity contribution >= 4 is 23.4 Å². The number of carboxylic acid groups (broad SMARTS) is 1. The number of nitrogens with one attached hydrogen (secondary N) is 2. The third-order valence-electron chi connectivity index (χ3n) is 5.40. The van der Waals surface area contributed by atoms with Crippen LogP contribution < -0.4 is 15.4 Å². The van der Waals surface area contributed by atoms with Gasteiger partial charge in [0, 0.05) is 12.7 Å². The van der Waals surface area contributed by atoms with E-state index in [9.17, 15) is 9.90 Å². The molecule has 7 heteroatoms. The molecule has 1 aliphatic rings. The molecule has 1 fully saturated rings. The number of hydrogen-bond donors (Lipinski definition) is 3. The molecule has 3 aromatic rings. The molecule has 0 spiro atoms. The predicted octanol–water partition coefficient (Wildman–Crippen LogP) is 5.70. The highest BCUT2D eigenvalue weighted by molar-refractivity contribution is 5.94. The van der Waals surface area contributed by atoms with Gasteiger partial charge < -0.3 is 20.5 Å². The fourth-order valence-corrected chi connectivity index (χ4v) is 3.75. The molecule has 0 saturated heterocycles. The maximum absolute atomic E-state index is 11.7. The summed E-state index contributed by atoms with van der Waals surface area (Å²) in [5.41, 5.74) is 0.614. The SMILES string of the molecule is O=C(O)c1cnc(NCC2CCCCC2)nc1Nc1ccccc1Oc1ccccc1. The summed E-state index contributed by atoms with van der Waals surface area (Å²) in [6, 6.07) is 16.8. The Balaban J connectivity index is 1.54. The summed E-state index contributed by atoms with van der Waals surface area (Å²) in [6.45, 7) is 0.791. The van der Waals surface area contributed by atoms with Crippen molar-refractivity contribution in [3.63, 3.8) is 0 Å². The summed E-state index contributed by atoms with van der Waals surface area (Å²) in [6.07, 6.45) is 7.57. The van der Waals surface area contributed by atoms with Gasteiger partial charge in [-0.25, -0.2) is 9.78 Å². The van der Waals surface area contributed by atoms with Gasteiger partial charge in [-0.3, -0.25) is 0 Å². The van der Waals surface area contributed by atoms with E-state index in [2.05, 4.69) is 20.6 Å². The lowest BCUT2D eigenvalue weighted by molar-refractivity contribution is 0.0697. The second kappa shape index (κ2) is 9.93. The lowest BCUT2D eigenvalue weighted by atomic mass is 9.89. The molecule has 7 nitrogen and oxygen atoms in total. The monoisotopic (exact) mass is 418 g/mol. The fourth-order valence-electron chi connectivity index (χ4n) is 3.75. The van der Waals surface area contributed by atoms with Crippen LogP contribution in [-0.2, 0) is 0 Å². The van der Waals surface area contributed by atoms with E-state index in [1.165, 1.54) is 38.3 Å². The minimum Gasteiger partial charge on any atom is -0.477 e. The Morgan fingerprint density at radius 3 is 2.55 bits per heavy atom. The Morgan fingerprint density at radius 2 is 1.77 bits per heavy atom. The van der Waals surface area contributed by atoms with E-state index in [-0.39, 0.29) is 11.4 Å². The Morgan fingerprint density at radius 1 is 1.03 bits per heavy atom. The summed E-state index contributed by atoms with van der Waals surface area (Å²) in [5, 5.41) is 16.0. The van der Waals surface area contributed by atoms with Crippen LogP contribution in [0.5, 0.6) is 11.5 Å². The van der Waals surface area contributed by atoms with Gasteiger partial charge in [0.25, 0.3) is 0 Å². The topological polar surface area (TPSA) is 96.4 Å². The second-order valence-electron chi connectivity index (χ2n) is 7.68. The molecule has 1 aliphatic carbocycles. The van der Waals surface area contributed by atoms with Crippen LogP contribution in [0.4, 0.5) is 17.5 Å². The molecule has 160 valence electrons. The molecule has 0 unspecified atom stereocenters. The number of nitrogens with zero attached hydrogens (tertiary/aromatic N) is 2. The summed E-state index contributed by atoms with van der Waals surface area (Å²) >= 11 is 0. The smallest absolute Gasteiger partial charge is 0.341 e. The number of rotatable bonds is 8. The van der Waals surface area contributed by atoms with Crippen molar-refractivity contribution in [2.24, 2.45) is 5.92 Å². The number of benzene rings is 2. The highest BCUT2D eigenvalue weighted by atomic mass is 16.5. The number of aromatic nitrogens is 2. The van der Waals surface area contributed by atoms with E-state index in [1.54, 1.807) is 0 Å². The van der Waals surface area contributed by atoms with E-state index in [4.69, 9.17) is 4.74 Å². The van der Waals surface area contributed by atoms with E-state index < -0.39 is 5.97 Å². The van der Waals surface area contributed by atoms with Gasteiger partial charge in [0.1, 0.15) is 11.3 Å². The molecule has 31 heavy (non-hydrogen) atoms. The molecule has 1 heterocycles. The first-order valence-corrected chi connectivity index (χ1v) is 10.6. The standard InChI is InChI=1S/C24H26N4O3/c29-23(30)19-16-26-24(25-15-17-9-3-1-4-10-17)28-22(19)27-20-13-7-8-14-21(20)31-18-11-5-2-6-12-18/h2,5-8,11-14,16-17H,1,3-4,9-10,15H2,(H,29,30)(H2,25,26,27,28). The third-order valence-corrected chi connectivity index (χ3v) is 5.40. The molecule has 0 radical (unpaired) electrons. The fraction of sp³-hybridized carbons (Fsp3) is 0.292. The zero-order valence-electron chi connectivity index (χ0n) is 17.3. The average Bonchev–Trinajstić information content (AvgIpc) is 2.80. The average molecular weight is 418 g/mol. The van der Waals surface area contributed by atoms with E-state index in [0.29, 0.717) is 29.1 Å². The maximum Gasteiger partial charge on any atom is 0.341 e. The van der Waals surface area contributed by atoms with Crippen LogP contribution in [0.3, 0.4) is 0 Å². The number of hydrogen-bond acceptors (Lipinski definition) is 6. The van der Waals surface area contributed by atoms with Crippen molar-refractivity contribution in [2.75, 3.05) is 17.2 Å². The minimum atomic E-state index is -1.09. The van der Waals surface area contributed by atoms with E-state index in [0.717, 1.165) is 6.54 Å². The number of aromatic carboxylic acids is 1. The van der Waals surface area contributed by atoms with Gasteiger partial charge in [-0.05, 0) is 43.0 Å². The van der Waals surface area contributed by atoms with Crippen LogP contribution in [0.25, 0.3) is 0 Å². The van der Waals surface area contributed by atoms with Crippen molar-refractivity contribution in [3.05, 3.63) is 66.4 Å². The quantitative estimate of drug-likeness (QED) is 0.431. The number of ether oxygens (including phenoxy) is 1. The Labute approximate surface area is 181 Å². The van der Waals surface area contributed by atoms with Crippen LogP contribution in [0.2, 0.25) is 0 Å². The Kier molecular flexibility index (Phi) is 6.62. The minimum absolute atomic E-state index is 0.00210. The summed E-state index contributed by atoms with van der Waals surface area (Å²) in [5.74, 6) is 1.40. The second-order valence-corrected chi connectivity index (χ2v) is 7.68. The lowest BCUT2D eigenvalue weighted by Gasteiger charge is -2.22. The Hall–Kier alpha value is -3.61. The molecule has 0 aliphatic heterocycles. The van der Waals surface area contributed by atoms with Gasteiger partial charge in [-0.2, -0.15) is 4.98 Å². The first-order valence-electron chi connectivity index (χ1n) is 10.6. The highest BCUT2D eigenvalue weighted by Gasteiger charge is 2.17. The molecule has 4 rings (SSSR count). The first kappa shape index (κ1) is 20.7. The summed E-state index contributed by atoms with van der Waals surface area (Å²) in [7, 11) is 0. The predicted molar refractivity (Wildman–Crippen MR) is 120 cm³/mol.